The van der Waals surface area contributed by atoms with E-state index in [-0.39, 0.29) is 11.9 Å². The maximum absolute atomic E-state index is 13.6. The second-order valence-corrected chi connectivity index (χ2v) is 5.84. The lowest BCUT2D eigenvalue weighted by atomic mass is 10.0. The van der Waals surface area contributed by atoms with Crippen molar-refractivity contribution in [3.8, 4) is 6.07 Å². The summed E-state index contributed by atoms with van der Waals surface area (Å²) in [4.78, 5) is 10.5. The molecular weight excluding hydrogens is 335 g/mol. The van der Waals surface area contributed by atoms with Crippen LogP contribution in [0.4, 0.5) is 10.2 Å². The predicted molar refractivity (Wildman–Crippen MR) is 80.2 cm³/mol. The van der Waals surface area contributed by atoms with E-state index in [0.29, 0.717) is 5.69 Å². The Bertz CT molecular complexity index is 676. The van der Waals surface area contributed by atoms with Gasteiger partial charge in [-0.2, -0.15) is 5.26 Å². The lowest BCUT2D eigenvalue weighted by molar-refractivity contribution is 0.617. The Hall–Kier alpha value is -2.00. The van der Waals surface area contributed by atoms with Gasteiger partial charge in [0.15, 0.2) is 5.69 Å². The number of halogens is 2. The molecule has 106 valence electrons. The molecule has 4 nitrogen and oxygen atoms in total. The Morgan fingerprint density at radius 1 is 1.29 bits per heavy atom. The molecule has 0 saturated carbocycles. The largest absolute Gasteiger partial charge is 0.348 e. The van der Waals surface area contributed by atoms with Crippen molar-refractivity contribution in [1.29, 1.82) is 5.26 Å². The van der Waals surface area contributed by atoms with Crippen LogP contribution in [0.25, 0.3) is 0 Å². The number of aromatic nitrogens is 2. The number of rotatable bonds is 2. The molecule has 0 N–H and O–H groups in total. The van der Waals surface area contributed by atoms with Crippen molar-refractivity contribution in [1.82, 2.24) is 9.97 Å². The van der Waals surface area contributed by atoms with Gasteiger partial charge in [0.2, 0.25) is 0 Å². The summed E-state index contributed by atoms with van der Waals surface area (Å²) in [6.45, 7) is 0.847. The third-order valence-corrected chi connectivity index (χ3v) is 4.03. The standard InChI is InChI=1S/C15H12BrFN4/c16-11-4-10(5-12(17)6-11)14-2-1-3-21(14)15-9-19-13(7-18)8-20-15/h4-6,8-9,14H,1-3H2. The first kappa shape index (κ1) is 14.0. The molecule has 3 rings (SSSR count). The molecule has 1 fully saturated rings. The molecule has 0 amide bonds. The minimum absolute atomic E-state index is 0.0826. The quantitative estimate of drug-likeness (QED) is 0.833. The van der Waals surface area contributed by atoms with Gasteiger partial charge in [0.05, 0.1) is 18.4 Å². The first-order valence-corrected chi connectivity index (χ1v) is 7.41. The summed E-state index contributed by atoms with van der Waals surface area (Å²) < 4.78 is 14.3. The molecule has 1 aromatic heterocycles. The van der Waals surface area contributed by atoms with Crippen LogP contribution in [-0.2, 0) is 0 Å². The first-order chi connectivity index (χ1) is 10.2. The topological polar surface area (TPSA) is 52.8 Å². The summed E-state index contributed by atoms with van der Waals surface area (Å²) in [5, 5.41) is 8.77. The van der Waals surface area contributed by atoms with Crippen molar-refractivity contribution in [2.24, 2.45) is 0 Å². The van der Waals surface area contributed by atoms with E-state index in [0.717, 1.165) is 35.2 Å². The molecule has 1 unspecified atom stereocenters. The van der Waals surface area contributed by atoms with Crippen LogP contribution < -0.4 is 4.90 Å². The Labute approximate surface area is 130 Å². The number of nitriles is 1. The molecule has 1 aliphatic heterocycles. The Balaban J connectivity index is 1.93. The van der Waals surface area contributed by atoms with Gasteiger partial charge in [0.1, 0.15) is 17.7 Å². The summed E-state index contributed by atoms with van der Waals surface area (Å²) in [7, 11) is 0. The Kier molecular flexibility index (Phi) is 3.84. The molecule has 21 heavy (non-hydrogen) atoms. The van der Waals surface area contributed by atoms with Crippen LogP contribution in [0.2, 0.25) is 0 Å². The average Bonchev–Trinajstić information content (AvgIpc) is 2.96. The van der Waals surface area contributed by atoms with Gasteiger partial charge in [-0.1, -0.05) is 15.9 Å². The zero-order valence-corrected chi connectivity index (χ0v) is 12.7. The van der Waals surface area contributed by atoms with Crippen molar-refractivity contribution in [2.45, 2.75) is 18.9 Å². The van der Waals surface area contributed by atoms with E-state index >= 15 is 0 Å². The zero-order chi connectivity index (χ0) is 14.8. The number of hydrogen-bond donors (Lipinski definition) is 0. The van der Waals surface area contributed by atoms with Gasteiger partial charge >= 0.3 is 0 Å². The molecule has 0 bridgehead atoms. The van der Waals surface area contributed by atoms with E-state index in [1.165, 1.54) is 12.3 Å². The van der Waals surface area contributed by atoms with Crippen molar-refractivity contribution < 1.29 is 4.39 Å². The number of benzene rings is 1. The lowest BCUT2D eigenvalue weighted by Crippen LogP contribution is -2.23. The fourth-order valence-corrected chi connectivity index (χ4v) is 3.17. The highest BCUT2D eigenvalue weighted by Crippen LogP contribution is 2.36. The fraction of sp³-hybridized carbons (Fsp3) is 0.267. The summed E-state index contributed by atoms with van der Waals surface area (Å²) in [6, 6.07) is 6.98. The van der Waals surface area contributed by atoms with Gasteiger partial charge in [0, 0.05) is 11.0 Å². The molecule has 2 aromatic rings. The molecular formula is C15H12BrFN4. The number of anilines is 1. The highest BCUT2D eigenvalue weighted by atomic mass is 79.9. The smallest absolute Gasteiger partial charge is 0.158 e. The van der Waals surface area contributed by atoms with Crippen LogP contribution in [0.3, 0.4) is 0 Å². The SMILES string of the molecule is N#Cc1cnc(N2CCCC2c2cc(F)cc(Br)c2)cn1. The maximum atomic E-state index is 13.6. The molecule has 0 spiro atoms. The number of hydrogen-bond acceptors (Lipinski definition) is 4. The molecule has 1 aliphatic rings. The molecule has 6 heteroatoms. The van der Waals surface area contributed by atoms with Crippen LogP contribution in [0.5, 0.6) is 0 Å². The van der Waals surface area contributed by atoms with E-state index < -0.39 is 0 Å². The van der Waals surface area contributed by atoms with Gasteiger partial charge in [-0.15, -0.1) is 0 Å². The minimum atomic E-state index is -0.253. The Morgan fingerprint density at radius 3 is 2.81 bits per heavy atom. The minimum Gasteiger partial charge on any atom is -0.348 e. The van der Waals surface area contributed by atoms with Crippen LogP contribution in [0.1, 0.15) is 30.1 Å². The van der Waals surface area contributed by atoms with Gasteiger partial charge in [-0.25, -0.2) is 14.4 Å². The van der Waals surface area contributed by atoms with Crippen LogP contribution >= 0.6 is 15.9 Å². The third-order valence-electron chi connectivity index (χ3n) is 3.57. The molecule has 1 saturated heterocycles. The van der Waals surface area contributed by atoms with Crippen LogP contribution in [0.15, 0.2) is 35.1 Å². The molecule has 2 heterocycles. The summed E-state index contributed by atoms with van der Waals surface area (Å²) in [5.74, 6) is 0.467. The highest BCUT2D eigenvalue weighted by molar-refractivity contribution is 9.10. The van der Waals surface area contributed by atoms with Crippen molar-refractivity contribution >= 4 is 21.7 Å². The Morgan fingerprint density at radius 2 is 2.14 bits per heavy atom. The zero-order valence-electron chi connectivity index (χ0n) is 11.1. The van der Waals surface area contributed by atoms with Gasteiger partial charge in [-0.05, 0) is 36.6 Å². The monoisotopic (exact) mass is 346 g/mol. The third kappa shape index (κ3) is 2.88. The summed E-state index contributed by atoms with van der Waals surface area (Å²) in [6.07, 6.45) is 5.02. The normalized spacial score (nSPS) is 17.8. The average molecular weight is 347 g/mol. The van der Waals surface area contributed by atoms with Crippen LogP contribution in [0, 0.1) is 17.1 Å². The van der Waals surface area contributed by atoms with Crippen molar-refractivity contribution in [3.63, 3.8) is 0 Å². The lowest BCUT2D eigenvalue weighted by Gasteiger charge is -2.26. The highest BCUT2D eigenvalue weighted by Gasteiger charge is 2.27. The van der Waals surface area contributed by atoms with E-state index in [9.17, 15) is 4.39 Å². The molecule has 0 aliphatic carbocycles. The molecule has 1 aromatic carbocycles. The summed E-state index contributed by atoms with van der Waals surface area (Å²) in [5.41, 5.74) is 1.22. The van der Waals surface area contributed by atoms with Gasteiger partial charge in [0.25, 0.3) is 0 Å². The van der Waals surface area contributed by atoms with E-state index in [1.807, 2.05) is 12.1 Å². The maximum Gasteiger partial charge on any atom is 0.158 e. The second-order valence-electron chi connectivity index (χ2n) is 4.93. The molecule has 0 radical (unpaired) electrons. The predicted octanol–water partition coefficient (Wildman–Crippen LogP) is 3.59. The van der Waals surface area contributed by atoms with Crippen molar-refractivity contribution in [3.05, 3.63) is 52.1 Å². The van der Waals surface area contributed by atoms with Gasteiger partial charge < -0.3 is 4.90 Å². The van der Waals surface area contributed by atoms with E-state index in [1.54, 1.807) is 12.3 Å². The van der Waals surface area contributed by atoms with Gasteiger partial charge in [-0.3, -0.25) is 0 Å². The first-order valence-electron chi connectivity index (χ1n) is 6.62. The van der Waals surface area contributed by atoms with E-state index in [2.05, 4.69) is 30.8 Å². The van der Waals surface area contributed by atoms with Crippen molar-refractivity contribution in [2.75, 3.05) is 11.4 Å². The second kappa shape index (κ2) is 5.78. The number of nitrogens with zero attached hydrogens (tertiary/aromatic N) is 4. The summed E-state index contributed by atoms with van der Waals surface area (Å²) >= 11 is 3.33. The molecule has 1 atom stereocenters. The fourth-order valence-electron chi connectivity index (χ4n) is 2.68. The van der Waals surface area contributed by atoms with E-state index in [4.69, 9.17) is 5.26 Å². The van der Waals surface area contributed by atoms with Crippen LogP contribution in [-0.4, -0.2) is 16.5 Å².